The van der Waals surface area contributed by atoms with Crippen LogP contribution < -0.4 is 0 Å². The van der Waals surface area contributed by atoms with E-state index in [0.717, 1.165) is 57.8 Å². The Labute approximate surface area is 274 Å². The quantitative estimate of drug-likeness (QED) is 0.179. The van der Waals surface area contributed by atoms with Gasteiger partial charge in [-0.05, 0) is 104 Å². The van der Waals surface area contributed by atoms with E-state index in [9.17, 15) is 30.0 Å². The molecule has 0 spiro atoms. The van der Waals surface area contributed by atoms with Crippen molar-refractivity contribution in [3.05, 3.63) is 11.6 Å². The van der Waals surface area contributed by atoms with Gasteiger partial charge in [-0.3, -0.25) is 9.59 Å². The Balaban J connectivity index is 1.31. The van der Waals surface area contributed by atoms with Gasteiger partial charge in [-0.15, -0.1) is 0 Å². The molecule has 0 radical (unpaired) electrons. The summed E-state index contributed by atoms with van der Waals surface area (Å²) in [5.41, 5.74) is 0.0770. The van der Waals surface area contributed by atoms with Gasteiger partial charge in [0.1, 0.15) is 12.2 Å². The van der Waals surface area contributed by atoms with E-state index < -0.39 is 53.5 Å². The Morgan fingerprint density at radius 3 is 2.30 bits per heavy atom. The molecular formula is C37H58O9. The standard InChI is InChI=1S/C37H58O9/c1-21(39)45-29-28(41)24(40)19-44-30(29)46-27-11-12-33(4)25(34(27,5)20-38)10-13-36(7)26(33)9-8-22-23-18-32(2,3)14-16-37(23,31(42)43)17-15-35(22,36)6/h8,23-30,38,40-41H,9-20H2,1-7H3,(H,42,43)/t23-,24-,25+,26-,27+,28-,29+,30-,33-,34-,35+,36+,37-/m0/s1. The first-order valence-corrected chi connectivity index (χ1v) is 17.7. The van der Waals surface area contributed by atoms with Crippen molar-refractivity contribution in [1.82, 2.24) is 0 Å². The molecule has 0 bridgehead atoms. The fraction of sp³-hybridized carbons (Fsp3) is 0.892. The van der Waals surface area contributed by atoms with E-state index in [-0.39, 0.29) is 46.7 Å². The van der Waals surface area contributed by atoms with E-state index in [1.165, 1.54) is 12.5 Å². The molecule has 6 aliphatic rings. The van der Waals surface area contributed by atoms with Gasteiger partial charge in [0.05, 0.1) is 24.7 Å². The number of rotatable bonds is 5. The average Bonchev–Trinajstić information content (AvgIpc) is 2.98. The summed E-state index contributed by atoms with van der Waals surface area (Å²) in [6, 6.07) is 0. The lowest BCUT2D eigenvalue weighted by atomic mass is 9.33. The Bertz CT molecular complexity index is 1260. The lowest BCUT2D eigenvalue weighted by Crippen LogP contribution is -2.66. The predicted molar refractivity (Wildman–Crippen MR) is 170 cm³/mol. The number of carboxylic acid groups (broad SMARTS) is 1. The average molecular weight is 647 g/mol. The number of aliphatic carboxylic acids is 1. The number of hydrogen-bond acceptors (Lipinski definition) is 8. The third kappa shape index (κ3) is 4.79. The van der Waals surface area contributed by atoms with Crippen molar-refractivity contribution in [1.29, 1.82) is 0 Å². The van der Waals surface area contributed by atoms with Gasteiger partial charge in [-0.1, -0.05) is 53.2 Å². The number of fused-ring (bicyclic) bond motifs is 7. The molecule has 1 aliphatic heterocycles. The first-order chi connectivity index (χ1) is 21.4. The van der Waals surface area contributed by atoms with Gasteiger partial charge >= 0.3 is 11.9 Å². The molecule has 5 fully saturated rings. The minimum atomic E-state index is -1.33. The molecule has 9 heteroatoms. The first kappa shape index (κ1) is 34.3. The van der Waals surface area contributed by atoms with E-state index in [0.29, 0.717) is 12.3 Å². The number of ether oxygens (including phenoxy) is 3. The van der Waals surface area contributed by atoms with Crippen LogP contribution in [0, 0.1) is 50.2 Å². The normalized spacial score (nSPS) is 51.4. The molecule has 9 nitrogen and oxygen atoms in total. The Kier molecular flexibility index (Phi) is 8.41. The number of aliphatic hydroxyl groups is 3. The molecular weight excluding hydrogens is 588 g/mol. The van der Waals surface area contributed by atoms with E-state index in [2.05, 4.69) is 47.6 Å². The predicted octanol–water partition coefficient (Wildman–Crippen LogP) is 5.24. The third-order valence-corrected chi connectivity index (χ3v) is 15.2. The van der Waals surface area contributed by atoms with Crippen molar-refractivity contribution >= 4 is 11.9 Å². The third-order valence-electron chi connectivity index (χ3n) is 15.2. The second kappa shape index (κ2) is 11.3. The molecule has 6 rings (SSSR count). The molecule has 13 atom stereocenters. The smallest absolute Gasteiger partial charge is 0.310 e. The summed E-state index contributed by atoms with van der Waals surface area (Å²) in [5, 5.41) is 42.6. The maximum Gasteiger partial charge on any atom is 0.310 e. The molecule has 46 heavy (non-hydrogen) atoms. The molecule has 1 heterocycles. The minimum Gasteiger partial charge on any atom is -0.481 e. The fourth-order valence-corrected chi connectivity index (χ4v) is 12.2. The zero-order valence-electron chi connectivity index (χ0n) is 29.0. The highest BCUT2D eigenvalue weighted by Gasteiger charge is 2.70. The van der Waals surface area contributed by atoms with Crippen LogP contribution >= 0.6 is 0 Å². The Hall–Kier alpha value is -1.52. The maximum atomic E-state index is 13.0. The summed E-state index contributed by atoms with van der Waals surface area (Å²) < 4.78 is 17.7. The largest absolute Gasteiger partial charge is 0.481 e. The van der Waals surface area contributed by atoms with Gasteiger partial charge in [0.25, 0.3) is 0 Å². The molecule has 0 aromatic heterocycles. The molecule has 0 aromatic rings. The topological polar surface area (TPSA) is 143 Å². The van der Waals surface area contributed by atoms with Crippen molar-refractivity contribution in [2.75, 3.05) is 13.2 Å². The molecule has 0 aromatic carbocycles. The number of aliphatic hydroxyl groups excluding tert-OH is 3. The van der Waals surface area contributed by atoms with Crippen LogP contribution in [0.5, 0.6) is 0 Å². The summed E-state index contributed by atoms with van der Waals surface area (Å²) in [6.07, 6.45) is 5.98. The monoisotopic (exact) mass is 646 g/mol. The van der Waals surface area contributed by atoms with Gasteiger partial charge in [-0.2, -0.15) is 0 Å². The molecule has 5 aliphatic carbocycles. The van der Waals surface area contributed by atoms with Crippen molar-refractivity contribution in [2.45, 2.75) is 143 Å². The van der Waals surface area contributed by atoms with Crippen LogP contribution in [0.4, 0.5) is 0 Å². The Morgan fingerprint density at radius 2 is 1.65 bits per heavy atom. The number of esters is 1. The van der Waals surface area contributed by atoms with Crippen LogP contribution in [0.25, 0.3) is 0 Å². The highest BCUT2D eigenvalue weighted by molar-refractivity contribution is 5.76. The number of carbonyl (C=O) groups excluding carboxylic acids is 1. The number of carbonyl (C=O) groups is 2. The van der Waals surface area contributed by atoms with Crippen molar-refractivity contribution < 1.29 is 44.2 Å². The number of allylic oxidation sites excluding steroid dienone is 2. The molecule has 4 N–H and O–H groups in total. The molecule has 0 unspecified atom stereocenters. The summed E-state index contributed by atoms with van der Waals surface area (Å²) in [7, 11) is 0. The van der Waals surface area contributed by atoms with Gasteiger partial charge in [-0.25, -0.2) is 0 Å². The maximum absolute atomic E-state index is 13.0. The lowest BCUT2D eigenvalue weighted by molar-refractivity contribution is -0.314. The van der Waals surface area contributed by atoms with Crippen LogP contribution in [0.1, 0.15) is 113 Å². The summed E-state index contributed by atoms with van der Waals surface area (Å²) >= 11 is 0. The second-order valence-corrected chi connectivity index (χ2v) is 17.8. The van der Waals surface area contributed by atoms with Crippen LogP contribution in [-0.2, 0) is 23.8 Å². The molecule has 4 saturated carbocycles. The van der Waals surface area contributed by atoms with Crippen molar-refractivity contribution in [2.24, 2.45) is 50.2 Å². The molecule has 260 valence electrons. The van der Waals surface area contributed by atoms with Crippen LogP contribution in [0.3, 0.4) is 0 Å². The Morgan fingerprint density at radius 1 is 0.957 bits per heavy atom. The lowest BCUT2D eigenvalue weighted by Gasteiger charge is -2.71. The summed E-state index contributed by atoms with van der Waals surface area (Å²) in [6.45, 7) is 15.1. The van der Waals surface area contributed by atoms with Gasteiger partial charge in [0.15, 0.2) is 12.4 Å². The van der Waals surface area contributed by atoms with E-state index in [1.54, 1.807) is 0 Å². The van der Waals surface area contributed by atoms with E-state index in [1.807, 2.05) is 0 Å². The first-order valence-electron chi connectivity index (χ1n) is 17.7. The van der Waals surface area contributed by atoms with Gasteiger partial charge < -0.3 is 34.6 Å². The SMILES string of the molecule is CC(=O)O[C@H]1[C@H](O[C@@H]2CC[C@@]3(C)[C@@H](CC[C@]4(C)[C@H]3CC=C3[C@@H]5CC(C)(C)CC[C@]5(C(=O)O)CC[C@]34C)[C@]2(C)CO)OC[C@H](O)[C@@H]1O. The fourth-order valence-electron chi connectivity index (χ4n) is 12.2. The van der Waals surface area contributed by atoms with Gasteiger partial charge in [0.2, 0.25) is 0 Å². The zero-order valence-corrected chi connectivity index (χ0v) is 29.0. The number of hydrogen-bond donors (Lipinski definition) is 4. The summed E-state index contributed by atoms with van der Waals surface area (Å²) in [4.78, 5) is 24.8. The highest BCUT2D eigenvalue weighted by Crippen LogP contribution is 2.76. The highest BCUT2D eigenvalue weighted by atomic mass is 16.7. The van der Waals surface area contributed by atoms with E-state index >= 15 is 0 Å². The van der Waals surface area contributed by atoms with Gasteiger partial charge in [0, 0.05) is 12.3 Å². The van der Waals surface area contributed by atoms with E-state index in [4.69, 9.17) is 14.2 Å². The molecule has 1 saturated heterocycles. The number of carboxylic acids is 1. The van der Waals surface area contributed by atoms with Crippen LogP contribution in [0.2, 0.25) is 0 Å². The molecule has 0 amide bonds. The van der Waals surface area contributed by atoms with Crippen LogP contribution in [0.15, 0.2) is 11.6 Å². The van der Waals surface area contributed by atoms with Crippen LogP contribution in [-0.4, -0.2) is 76.3 Å². The van der Waals surface area contributed by atoms with Crippen molar-refractivity contribution in [3.63, 3.8) is 0 Å². The second-order valence-electron chi connectivity index (χ2n) is 17.8. The minimum absolute atomic E-state index is 0.00814. The zero-order chi connectivity index (χ0) is 33.7. The summed E-state index contributed by atoms with van der Waals surface area (Å²) in [5.74, 6) is -0.624. The van der Waals surface area contributed by atoms with Crippen molar-refractivity contribution in [3.8, 4) is 0 Å².